The van der Waals surface area contributed by atoms with Gasteiger partial charge in [-0.1, -0.05) is 24.3 Å². The SMILES string of the molecule is COc1c(OCN2CCCC2=O)ccc(N(Cc2ccc[nH]c2=O)c2ccccc2)c1OC1CCCC1. The Hall–Kier alpha value is -3.94. The van der Waals surface area contributed by atoms with Gasteiger partial charge < -0.3 is 29.0 Å². The number of aromatic amines is 1. The quantitative estimate of drug-likeness (QED) is 0.419. The third-order valence-corrected chi connectivity index (χ3v) is 6.98. The Balaban J connectivity index is 1.56. The minimum Gasteiger partial charge on any atom is -0.490 e. The van der Waals surface area contributed by atoms with Crippen molar-refractivity contribution in [1.29, 1.82) is 0 Å². The lowest BCUT2D eigenvalue weighted by Gasteiger charge is -2.30. The fourth-order valence-electron chi connectivity index (χ4n) is 5.00. The number of ether oxygens (including phenoxy) is 3. The van der Waals surface area contributed by atoms with E-state index in [1.807, 2.05) is 54.6 Å². The zero-order valence-electron chi connectivity index (χ0n) is 21.2. The van der Waals surface area contributed by atoms with Gasteiger partial charge >= 0.3 is 0 Å². The van der Waals surface area contributed by atoms with Gasteiger partial charge in [0, 0.05) is 30.4 Å². The van der Waals surface area contributed by atoms with Crippen molar-refractivity contribution in [3.05, 3.63) is 76.7 Å². The van der Waals surface area contributed by atoms with Gasteiger partial charge in [-0.05, 0) is 62.4 Å². The van der Waals surface area contributed by atoms with Gasteiger partial charge in [-0.15, -0.1) is 0 Å². The molecule has 1 saturated heterocycles. The maximum Gasteiger partial charge on any atom is 0.252 e. The van der Waals surface area contributed by atoms with E-state index in [1.165, 1.54) is 0 Å². The molecule has 0 atom stereocenters. The second-order valence-corrected chi connectivity index (χ2v) is 9.45. The Morgan fingerprint density at radius 2 is 1.78 bits per heavy atom. The maximum absolute atomic E-state index is 12.6. The molecule has 1 aliphatic heterocycles. The molecule has 0 spiro atoms. The van der Waals surface area contributed by atoms with Gasteiger partial charge in [-0.2, -0.15) is 0 Å². The molecule has 1 N–H and O–H groups in total. The first-order valence-corrected chi connectivity index (χ1v) is 12.9. The van der Waals surface area contributed by atoms with Gasteiger partial charge in [0.05, 0.1) is 25.4 Å². The third-order valence-electron chi connectivity index (χ3n) is 6.98. The number of hydrogen-bond acceptors (Lipinski definition) is 6. The second-order valence-electron chi connectivity index (χ2n) is 9.45. The van der Waals surface area contributed by atoms with E-state index in [2.05, 4.69) is 9.88 Å². The number of anilines is 2. The van der Waals surface area contributed by atoms with E-state index >= 15 is 0 Å². The van der Waals surface area contributed by atoms with Crippen molar-refractivity contribution in [3.8, 4) is 17.2 Å². The first kappa shape index (κ1) is 24.7. The number of carbonyl (C=O) groups is 1. The van der Waals surface area contributed by atoms with E-state index in [0.29, 0.717) is 42.3 Å². The van der Waals surface area contributed by atoms with Crippen LogP contribution in [0.4, 0.5) is 11.4 Å². The Morgan fingerprint density at radius 1 is 0.973 bits per heavy atom. The standard InChI is InChI=1S/C29H33N3O5/c1-35-28-25(36-20-31-18-8-14-26(31)33)16-15-24(27(28)37-23-12-5-6-13-23)32(22-10-3-2-4-11-22)19-21-9-7-17-30-29(21)34/h2-4,7,9-11,15-17,23H,5-6,8,12-14,18-20H2,1H3,(H,30,34). The van der Waals surface area contributed by atoms with Crippen molar-refractivity contribution in [2.45, 2.75) is 51.2 Å². The highest BCUT2D eigenvalue weighted by Gasteiger charge is 2.28. The number of pyridine rings is 1. The molecule has 0 unspecified atom stereocenters. The van der Waals surface area contributed by atoms with Crippen molar-refractivity contribution in [2.24, 2.45) is 0 Å². The smallest absolute Gasteiger partial charge is 0.252 e. The molecule has 37 heavy (non-hydrogen) atoms. The van der Waals surface area contributed by atoms with Gasteiger partial charge in [0.2, 0.25) is 11.7 Å². The average Bonchev–Trinajstić information content (AvgIpc) is 3.59. The topological polar surface area (TPSA) is 84.1 Å². The summed E-state index contributed by atoms with van der Waals surface area (Å²) in [5, 5.41) is 0. The van der Waals surface area contributed by atoms with Crippen LogP contribution in [0.3, 0.4) is 0 Å². The van der Waals surface area contributed by atoms with Crippen molar-refractivity contribution in [1.82, 2.24) is 9.88 Å². The van der Waals surface area contributed by atoms with Crippen LogP contribution >= 0.6 is 0 Å². The summed E-state index contributed by atoms with van der Waals surface area (Å²) in [6.07, 6.45) is 7.29. The normalized spacial score (nSPS) is 15.7. The van der Waals surface area contributed by atoms with Crippen LogP contribution in [0.25, 0.3) is 0 Å². The monoisotopic (exact) mass is 503 g/mol. The van der Waals surface area contributed by atoms with Crippen molar-refractivity contribution in [3.63, 3.8) is 0 Å². The van der Waals surface area contributed by atoms with Crippen molar-refractivity contribution < 1.29 is 19.0 Å². The first-order valence-electron chi connectivity index (χ1n) is 12.9. The lowest BCUT2D eigenvalue weighted by Crippen LogP contribution is -2.29. The molecule has 3 aromatic rings. The number of rotatable bonds is 10. The van der Waals surface area contributed by atoms with Gasteiger partial charge in [0.25, 0.3) is 5.56 Å². The van der Waals surface area contributed by atoms with Crippen molar-refractivity contribution >= 4 is 17.3 Å². The fourth-order valence-corrected chi connectivity index (χ4v) is 5.00. The molecule has 1 saturated carbocycles. The summed E-state index contributed by atoms with van der Waals surface area (Å²) in [6.45, 7) is 1.20. The predicted octanol–water partition coefficient (Wildman–Crippen LogP) is 5.00. The van der Waals surface area contributed by atoms with Gasteiger partial charge in [-0.3, -0.25) is 9.59 Å². The number of methoxy groups -OCH3 is 1. The van der Waals surface area contributed by atoms with E-state index in [1.54, 1.807) is 18.2 Å². The van der Waals surface area contributed by atoms with E-state index in [9.17, 15) is 9.59 Å². The minimum absolute atomic E-state index is 0.0702. The lowest BCUT2D eigenvalue weighted by atomic mass is 10.1. The summed E-state index contributed by atoms with van der Waals surface area (Å²) in [6, 6.07) is 17.4. The zero-order valence-corrected chi connectivity index (χ0v) is 21.2. The molecule has 2 aliphatic rings. The van der Waals surface area contributed by atoms with Gasteiger partial charge in [0.1, 0.15) is 0 Å². The Labute approximate surface area is 216 Å². The zero-order chi connectivity index (χ0) is 25.6. The number of H-pyrrole nitrogens is 1. The molecule has 0 radical (unpaired) electrons. The number of nitrogens with one attached hydrogen (secondary N) is 1. The number of hydrogen-bond donors (Lipinski definition) is 1. The van der Waals surface area contributed by atoms with Crippen LogP contribution in [0, 0.1) is 0 Å². The highest BCUT2D eigenvalue weighted by atomic mass is 16.5. The molecule has 2 heterocycles. The van der Waals surface area contributed by atoms with Crippen molar-refractivity contribution in [2.75, 3.05) is 25.3 Å². The summed E-state index contributed by atoms with van der Waals surface area (Å²) < 4.78 is 18.6. The number of para-hydroxylation sites is 1. The largest absolute Gasteiger partial charge is 0.490 e. The first-order chi connectivity index (χ1) is 18.1. The van der Waals surface area contributed by atoms with Crippen LogP contribution in [0.1, 0.15) is 44.1 Å². The fraction of sp³-hybridized carbons (Fsp3) is 0.379. The van der Waals surface area contributed by atoms with E-state index in [4.69, 9.17) is 14.2 Å². The van der Waals surface area contributed by atoms with Crippen LogP contribution in [-0.2, 0) is 11.3 Å². The number of benzene rings is 2. The average molecular weight is 504 g/mol. The molecule has 1 aliphatic carbocycles. The van der Waals surface area contributed by atoms with E-state index in [0.717, 1.165) is 43.5 Å². The molecular formula is C29H33N3O5. The number of amides is 1. The summed E-state index contributed by atoms with van der Waals surface area (Å²) in [5.41, 5.74) is 2.19. The highest BCUT2D eigenvalue weighted by molar-refractivity contribution is 5.78. The Kier molecular flexibility index (Phi) is 7.63. The highest BCUT2D eigenvalue weighted by Crippen LogP contribution is 2.48. The summed E-state index contributed by atoms with van der Waals surface area (Å²) >= 11 is 0. The molecule has 8 heteroatoms. The minimum atomic E-state index is -0.135. The molecule has 5 rings (SSSR count). The van der Waals surface area contributed by atoms with Crippen LogP contribution in [0.5, 0.6) is 17.2 Å². The molecule has 2 fully saturated rings. The molecule has 2 aromatic carbocycles. The summed E-state index contributed by atoms with van der Waals surface area (Å²) in [4.78, 5) is 31.3. The number of aromatic nitrogens is 1. The Bertz CT molecular complexity index is 1270. The Morgan fingerprint density at radius 3 is 2.49 bits per heavy atom. The number of nitrogens with zero attached hydrogens (tertiary/aromatic N) is 2. The van der Waals surface area contributed by atoms with Crippen LogP contribution in [0.2, 0.25) is 0 Å². The molecular weight excluding hydrogens is 470 g/mol. The molecule has 194 valence electrons. The lowest BCUT2D eigenvalue weighted by molar-refractivity contribution is -0.130. The van der Waals surface area contributed by atoms with Crippen LogP contribution in [-0.4, -0.2) is 42.3 Å². The van der Waals surface area contributed by atoms with Gasteiger partial charge in [0.15, 0.2) is 18.2 Å². The third kappa shape index (κ3) is 5.58. The second kappa shape index (κ2) is 11.4. The summed E-state index contributed by atoms with van der Waals surface area (Å²) in [5.74, 6) is 1.68. The molecule has 0 bridgehead atoms. The molecule has 1 amide bonds. The number of carbonyl (C=O) groups excluding carboxylic acids is 1. The van der Waals surface area contributed by atoms with Crippen LogP contribution < -0.4 is 24.7 Å². The predicted molar refractivity (Wildman–Crippen MR) is 142 cm³/mol. The van der Waals surface area contributed by atoms with E-state index in [-0.39, 0.29) is 24.3 Å². The van der Waals surface area contributed by atoms with E-state index < -0.39 is 0 Å². The number of likely N-dealkylation sites (tertiary alicyclic amines) is 1. The molecule has 8 nitrogen and oxygen atoms in total. The maximum atomic E-state index is 12.6. The van der Waals surface area contributed by atoms with Gasteiger partial charge in [-0.25, -0.2) is 0 Å². The molecule has 1 aromatic heterocycles. The van der Waals surface area contributed by atoms with Crippen LogP contribution in [0.15, 0.2) is 65.6 Å². The summed E-state index contributed by atoms with van der Waals surface area (Å²) in [7, 11) is 1.60.